The molecule has 0 unspecified atom stereocenters. The number of rotatable bonds is 11. The minimum Gasteiger partial charge on any atom is -0.490 e. The molecule has 0 aromatic heterocycles. The fraction of sp³-hybridized carbons (Fsp3) is 0.375. The Labute approximate surface area is 173 Å². The zero-order valence-corrected chi connectivity index (χ0v) is 16.9. The van der Waals surface area contributed by atoms with Crippen molar-refractivity contribution in [3.8, 4) is 11.5 Å². The molecule has 29 heavy (non-hydrogen) atoms. The molecule has 3 rings (SSSR count). The van der Waals surface area contributed by atoms with Crippen LogP contribution in [0.3, 0.4) is 0 Å². The molecule has 0 fully saturated rings. The van der Waals surface area contributed by atoms with E-state index in [0.29, 0.717) is 19.8 Å². The van der Waals surface area contributed by atoms with Gasteiger partial charge in [-0.1, -0.05) is 29.8 Å². The molecule has 1 aliphatic rings. The number of benzene rings is 2. The predicted molar refractivity (Wildman–Crippen MR) is 117 cm³/mol. The van der Waals surface area contributed by atoms with Crippen molar-refractivity contribution in [1.82, 2.24) is 5.32 Å². The summed E-state index contributed by atoms with van der Waals surface area (Å²) in [4.78, 5) is 12.0. The van der Waals surface area contributed by atoms with Gasteiger partial charge in [0, 0.05) is 12.2 Å². The zero-order chi connectivity index (χ0) is 20.2. The average Bonchev–Trinajstić information content (AvgIpc) is 2.77. The van der Waals surface area contributed by atoms with Crippen LogP contribution in [0, 0.1) is 0 Å². The van der Waals surface area contributed by atoms with Crippen LogP contribution in [0.1, 0.15) is 32.1 Å². The number of ether oxygens (including phenoxy) is 2. The highest BCUT2D eigenvalue weighted by atomic mass is 16.5. The van der Waals surface area contributed by atoms with E-state index in [9.17, 15) is 4.79 Å². The number of para-hydroxylation sites is 1. The Morgan fingerprint density at radius 2 is 1.62 bits per heavy atom. The van der Waals surface area contributed by atoms with Gasteiger partial charge in [-0.05, 0) is 68.5 Å². The fourth-order valence-electron chi connectivity index (χ4n) is 3.24. The maximum absolute atomic E-state index is 12.0. The monoisotopic (exact) mass is 394 g/mol. The van der Waals surface area contributed by atoms with E-state index >= 15 is 0 Å². The van der Waals surface area contributed by atoms with Gasteiger partial charge in [0.05, 0.1) is 6.54 Å². The van der Waals surface area contributed by atoms with Gasteiger partial charge < -0.3 is 20.1 Å². The lowest BCUT2D eigenvalue weighted by Crippen LogP contribution is -2.30. The largest absolute Gasteiger partial charge is 0.490 e. The Balaban J connectivity index is 1.28. The molecular formula is C24H30N2O3. The third-order valence-corrected chi connectivity index (χ3v) is 4.82. The summed E-state index contributed by atoms with van der Waals surface area (Å²) in [6, 6.07) is 17.3. The van der Waals surface area contributed by atoms with E-state index in [-0.39, 0.29) is 12.5 Å². The fourth-order valence-corrected chi connectivity index (χ4v) is 3.24. The number of anilines is 1. The van der Waals surface area contributed by atoms with Crippen LogP contribution in [0.25, 0.3) is 0 Å². The van der Waals surface area contributed by atoms with Crippen LogP contribution in [-0.2, 0) is 4.79 Å². The highest BCUT2D eigenvalue weighted by molar-refractivity contribution is 5.80. The van der Waals surface area contributed by atoms with E-state index < -0.39 is 0 Å². The highest BCUT2D eigenvalue weighted by Gasteiger charge is 2.05. The molecule has 2 aromatic rings. The molecule has 1 aliphatic carbocycles. The molecule has 0 radical (unpaired) electrons. The minimum atomic E-state index is 0.0137. The van der Waals surface area contributed by atoms with Crippen molar-refractivity contribution in [2.45, 2.75) is 32.1 Å². The second-order valence-electron chi connectivity index (χ2n) is 7.10. The van der Waals surface area contributed by atoms with E-state index in [1.165, 1.54) is 31.3 Å². The quantitative estimate of drug-likeness (QED) is 0.433. The molecular weight excluding hydrogens is 364 g/mol. The summed E-state index contributed by atoms with van der Waals surface area (Å²) in [5.41, 5.74) is 2.37. The first kappa shape index (κ1) is 20.8. The Hall–Kier alpha value is -2.95. The van der Waals surface area contributed by atoms with Gasteiger partial charge in [0.1, 0.15) is 24.7 Å². The SMILES string of the molecule is O=C(CNc1ccc(OCCOc2ccccc2)cc1)NCCC1=CCCCC1. The van der Waals surface area contributed by atoms with Gasteiger partial charge in [0.15, 0.2) is 0 Å². The van der Waals surface area contributed by atoms with E-state index in [4.69, 9.17) is 9.47 Å². The standard InChI is InChI=1S/C24H30N2O3/c27-24(25-16-15-20-7-3-1-4-8-20)19-26-21-11-13-23(14-12-21)29-18-17-28-22-9-5-2-6-10-22/h2,5-7,9-14,26H,1,3-4,8,15-19H2,(H,25,27). The molecule has 2 N–H and O–H groups in total. The Bertz CT molecular complexity index is 772. The van der Waals surface area contributed by atoms with Crippen LogP contribution in [0.2, 0.25) is 0 Å². The smallest absolute Gasteiger partial charge is 0.239 e. The van der Waals surface area contributed by atoms with E-state index in [2.05, 4.69) is 16.7 Å². The first-order chi connectivity index (χ1) is 14.3. The number of carbonyl (C=O) groups excluding carboxylic acids is 1. The number of amides is 1. The van der Waals surface area contributed by atoms with Gasteiger partial charge in [0.25, 0.3) is 0 Å². The molecule has 2 aromatic carbocycles. The summed E-state index contributed by atoms with van der Waals surface area (Å²) < 4.78 is 11.3. The van der Waals surface area contributed by atoms with Crippen LogP contribution in [0.5, 0.6) is 11.5 Å². The lowest BCUT2D eigenvalue weighted by molar-refractivity contribution is -0.119. The normalized spacial score (nSPS) is 13.3. The van der Waals surface area contributed by atoms with E-state index in [1.54, 1.807) is 0 Å². The molecule has 0 spiro atoms. The van der Waals surface area contributed by atoms with Crippen LogP contribution in [-0.4, -0.2) is 32.2 Å². The Morgan fingerprint density at radius 1 is 0.897 bits per heavy atom. The maximum Gasteiger partial charge on any atom is 0.239 e. The first-order valence-electron chi connectivity index (χ1n) is 10.4. The van der Waals surface area contributed by atoms with Crippen LogP contribution in [0.4, 0.5) is 5.69 Å². The van der Waals surface area contributed by atoms with Crippen molar-refractivity contribution in [2.24, 2.45) is 0 Å². The summed E-state index contributed by atoms with van der Waals surface area (Å²) in [6.45, 7) is 1.94. The van der Waals surface area contributed by atoms with Crippen LogP contribution < -0.4 is 20.1 Å². The number of nitrogens with one attached hydrogen (secondary N) is 2. The molecule has 5 nitrogen and oxygen atoms in total. The van der Waals surface area contributed by atoms with Crippen LogP contribution >= 0.6 is 0 Å². The van der Waals surface area contributed by atoms with Gasteiger partial charge in [-0.2, -0.15) is 0 Å². The second kappa shape index (κ2) is 11.8. The summed E-state index contributed by atoms with van der Waals surface area (Å²) in [5.74, 6) is 1.63. The van der Waals surface area contributed by atoms with Crippen molar-refractivity contribution < 1.29 is 14.3 Å². The number of hydrogen-bond acceptors (Lipinski definition) is 4. The minimum absolute atomic E-state index is 0.0137. The first-order valence-corrected chi connectivity index (χ1v) is 10.4. The topological polar surface area (TPSA) is 59.6 Å². The number of hydrogen-bond donors (Lipinski definition) is 2. The third kappa shape index (κ3) is 7.90. The van der Waals surface area contributed by atoms with Gasteiger partial charge in [-0.15, -0.1) is 0 Å². The summed E-state index contributed by atoms with van der Waals surface area (Å²) in [5, 5.41) is 6.12. The molecule has 0 heterocycles. The Morgan fingerprint density at radius 3 is 2.31 bits per heavy atom. The summed E-state index contributed by atoms with van der Waals surface area (Å²) in [7, 11) is 0. The van der Waals surface area contributed by atoms with Crippen molar-refractivity contribution >= 4 is 11.6 Å². The maximum atomic E-state index is 12.0. The Kier molecular flexibility index (Phi) is 8.45. The molecule has 1 amide bonds. The number of carbonyl (C=O) groups is 1. The lowest BCUT2D eigenvalue weighted by Gasteiger charge is -2.13. The molecule has 0 atom stereocenters. The molecule has 0 bridgehead atoms. The van der Waals surface area contributed by atoms with E-state index in [0.717, 1.165) is 23.6 Å². The summed E-state index contributed by atoms with van der Waals surface area (Å²) >= 11 is 0. The van der Waals surface area contributed by atoms with Crippen molar-refractivity contribution in [3.63, 3.8) is 0 Å². The van der Waals surface area contributed by atoms with Crippen molar-refractivity contribution in [1.29, 1.82) is 0 Å². The molecule has 5 heteroatoms. The third-order valence-electron chi connectivity index (χ3n) is 4.82. The molecule has 0 saturated carbocycles. The summed E-state index contributed by atoms with van der Waals surface area (Å²) in [6.07, 6.45) is 8.23. The number of allylic oxidation sites excluding steroid dienone is 1. The van der Waals surface area contributed by atoms with Gasteiger partial charge in [0.2, 0.25) is 5.91 Å². The van der Waals surface area contributed by atoms with E-state index in [1.807, 2.05) is 54.6 Å². The predicted octanol–water partition coefficient (Wildman–Crippen LogP) is 4.56. The molecule has 0 aliphatic heterocycles. The van der Waals surface area contributed by atoms with Crippen molar-refractivity contribution in [3.05, 3.63) is 66.2 Å². The molecule has 154 valence electrons. The zero-order valence-electron chi connectivity index (χ0n) is 16.9. The van der Waals surface area contributed by atoms with Crippen molar-refractivity contribution in [2.75, 3.05) is 31.6 Å². The lowest BCUT2D eigenvalue weighted by atomic mass is 9.97. The van der Waals surface area contributed by atoms with Crippen LogP contribution in [0.15, 0.2) is 66.2 Å². The second-order valence-corrected chi connectivity index (χ2v) is 7.10. The molecule has 0 saturated heterocycles. The van der Waals surface area contributed by atoms with Gasteiger partial charge >= 0.3 is 0 Å². The van der Waals surface area contributed by atoms with Gasteiger partial charge in [-0.3, -0.25) is 4.79 Å². The highest BCUT2D eigenvalue weighted by Crippen LogP contribution is 2.19. The van der Waals surface area contributed by atoms with Gasteiger partial charge in [-0.25, -0.2) is 0 Å². The average molecular weight is 395 g/mol.